The molecule has 0 spiro atoms. The van der Waals surface area contributed by atoms with Gasteiger partial charge in [-0.2, -0.15) is 5.10 Å². The van der Waals surface area contributed by atoms with Crippen molar-refractivity contribution in [1.29, 1.82) is 0 Å². The molecule has 0 fully saturated rings. The number of thiazole rings is 1. The lowest BCUT2D eigenvalue weighted by molar-refractivity contribution is 0.0686. The summed E-state index contributed by atoms with van der Waals surface area (Å²) in [7, 11) is 1.94. The van der Waals surface area contributed by atoms with Gasteiger partial charge >= 0.3 is 5.97 Å². The first-order chi connectivity index (χ1) is 26.4. The van der Waals surface area contributed by atoms with Gasteiger partial charge in [-0.15, -0.1) is 11.3 Å². The van der Waals surface area contributed by atoms with Gasteiger partial charge in [-0.25, -0.2) is 9.78 Å². The van der Waals surface area contributed by atoms with Gasteiger partial charge in [0.25, 0.3) is 5.91 Å². The first-order valence-electron chi connectivity index (χ1n) is 18.1. The number of alkyl halides is 1. The second kappa shape index (κ2) is 14.2. The molecule has 5 heterocycles. The van der Waals surface area contributed by atoms with E-state index >= 15 is 4.79 Å². The largest absolute Gasteiger partial charge is 0.494 e. The van der Waals surface area contributed by atoms with E-state index in [1.54, 1.807) is 21.0 Å². The van der Waals surface area contributed by atoms with Crippen molar-refractivity contribution in [1.82, 2.24) is 23.9 Å². The minimum Gasteiger partial charge on any atom is -0.494 e. The number of amides is 1. The third kappa shape index (κ3) is 6.09. The topological polar surface area (TPSA) is 107 Å². The van der Waals surface area contributed by atoms with Gasteiger partial charge in [0.15, 0.2) is 0 Å². The third-order valence-electron chi connectivity index (χ3n) is 10.8. The molecule has 1 unspecified atom stereocenters. The van der Waals surface area contributed by atoms with Crippen molar-refractivity contribution in [3.63, 3.8) is 0 Å². The lowest BCUT2D eigenvalue weighted by atomic mass is 9.98. The lowest BCUT2D eigenvalue weighted by Crippen LogP contribution is -2.48. The number of ether oxygens (including phenoxy) is 1. The summed E-state index contributed by atoms with van der Waals surface area (Å²) in [5, 5.41) is 19.3. The van der Waals surface area contributed by atoms with Crippen LogP contribution in [0.3, 0.4) is 0 Å². The number of benzene rings is 3. The SMILES string of the molecule is Cc1cc(OCCCc2c3n(c4c(-c5c(C)nn(C)c5C)cccc24)[C@H](C)C(Cl)N(c2cccc4cc(C(=O)O)n(Cc5cscn5)c24)C3=O)cc(C)c1Cl. The summed E-state index contributed by atoms with van der Waals surface area (Å²) in [5.74, 6) is -0.575. The number of carboxylic acid groups (broad SMARTS) is 1. The molecule has 0 bridgehead atoms. The van der Waals surface area contributed by atoms with E-state index in [1.807, 2.05) is 81.2 Å². The van der Waals surface area contributed by atoms with Crippen LogP contribution in [-0.2, 0) is 20.0 Å². The van der Waals surface area contributed by atoms with E-state index in [9.17, 15) is 9.90 Å². The summed E-state index contributed by atoms with van der Waals surface area (Å²) >= 11 is 15.3. The van der Waals surface area contributed by atoms with Crippen LogP contribution in [0.25, 0.3) is 32.9 Å². The van der Waals surface area contributed by atoms with E-state index in [2.05, 4.69) is 28.6 Å². The fraction of sp³-hybridized carbons (Fsp3) is 0.286. The van der Waals surface area contributed by atoms with E-state index < -0.39 is 11.5 Å². The number of aromatic nitrogens is 5. The highest BCUT2D eigenvalue weighted by Crippen LogP contribution is 2.46. The molecular formula is C42H40Cl2N6O4S. The maximum Gasteiger partial charge on any atom is 0.352 e. The van der Waals surface area contributed by atoms with Gasteiger partial charge in [0, 0.05) is 45.0 Å². The minimum atomic E-state index is -1.07. The monoisotopic (exact) mass is 794 g/mol. The molecule has 8 rings (SSSR count). The van der Waals surface area contributed by atoms with Gasteiger partial charge in [0.1, 0.15) is 22.6 Å². The zero-order chi connectivity index (χ0) is 38.9. The first-order valence-corrected chi connectivity index (χ1v) is 19.9. The van der Waals surface area contributed by atoms with E-state index in [-0.39, 0.29) is 24.2 Å². The van der Waals surface area contributed by atoms with Crippen molar-refractivity contribution in [2.75, 3.05) is 11.5 Å². The maximum atomic E-state index is 15.3. The van der Waals surface area contributed by atoms with Crippen LogP contribution in [0.2, 0.25) is 5.02 Å². The van der Waals surface area contributed by atoms with Gasteiger partial charge in [0.2, 0.25) is 0 Å². The Morgan fingerprint density at radius 2 is 1.78 bits per heavy atom. The Balaban J connectivity index is 1.29. The highest BCUT2D eigenvalue weighted by Gasteiger charge is 2.42. The molecular weight excluding hydrogens is 755 g/mol. The van der Waals surface area contributed by atoms with E-state index in [1.165, 1.54) is 11.3 Å². The molecule has 1 aliphatic heterocycles. The number of nitrogens with zero attached hydrogens (tertiary/aromatic N) is 6. The average molecular weight is 796 g/mol. The molecule has 1 N–H and O–H groups in total. The number of fused-ring (bicyclic) bond motifs is 4. The quantitative estimate of drug-likeness (QED) is 0.0840. The van der Waals surface area contributed by atoms with Crippen LogP contribution in [0, 0.1) is 27.7 Å². The van der Waals surface area contributed by atoms with Crippen molar-refractivity contribution in [2.24, 2.45) is 7.05 Å². The number of carboxylic acids is 1. The number of halogens is 2. The lowest BCUT2D eigenvalue weighted by Gasteiger charge is -2.39. The summed E-state index contributed by atoms with van der Waals surface area (Å²) < 4.78 is 12.0. The van der Waals surface area contributed by atoms with Gasteiger partial charge in [-0.1, -0.05) is 53.5 Å². The zero-order valence-electron chi connectivity index (χ0n) is 31.4. The Bertz CT molecular complexity index is 2630. The number of aryl methyl sites for hydroxylation is 5. The third-order valence-corrected chi connectivity index (χ3v) is 12.6. The van der Waals surface area contributed by atoms with Crippen LogP contribution >= 0.6 is 34.5 Å². The maximum absolute atomic E-state index is 15.3. The Labute approximate surface area is 332 Å². The van der Waals surface area contributed by atoms with Crippen LogP contribution in [0.15, 0.2) is 65.5 Å². The summed E-state index contributed by atoms with van der Waals surface area (Å²) in [4.78, 5) is 34.0. The molecule has 10 nitrogen and oxygen atoms in total. The molecule has 1 amide bonds. The number of hydrogen-bond acceptors (Lipinski definition) is 6. The number of aromatic carboxylic acids is 1. The molecule has 13 heteroatoms. The second-order valence-corrected chi connectivity index (χ2v) is 15.8. The number of carbonyl (C=O) groups excluding carboxylic acids is 1. The molecule has 0 radical (unpaired) electrons. The highest BCUT2D eigenvalue weighted by atomic mass is 35.5. The summed E-state index contributed by atoms with van der Waals surface area (Å²) in [5.41, 5.74) is 11.1. The average Bonchev–Trinajstić information content (AvgIpc) is 3.93. The molecule has 3 aromatic carbocycles. The number of para-hydroxylation sites is 2. The normalized spacial score (nSPS) is 15.7. The van der Waals surface area contributed by atoms with Crippen LogP contribution < -0.4 is 9.64 Å². The van der Waals surface area contributed by atoms with Crippen molar-refractivity contribution in [2.45, 2.75) is 65.5 Å². The summed E-state index contributed by atoms with van der Waals surface area (Å²) in [6.07, 6.45) is 1.20. The number of anilines is 1. The van der Waals surface area contributed by atoms with Crippen molar-refractivity contribution in [3.05, 3.63) is 116 Å². The van der Waals surface area contributed by atoms with Crippen LogP contribution in [-0.4, -0.2) is 53.0 Å². The number of hydrogen-bond donors (Lipinski definition) is 1. The first kappa shape index (κ1) is 36.9. The fourth-order valence-electron chi connectivity index (χ4n) is 8.24. The van der Waals surface area contributed by atoms with E-state index in [4.69, 9.17) is 33.0 Å². The smallest absolute Gasteiger partial charge is 0.352 e. The number of rotatable bonds is 10. The van der Waals surface area contributed by atoms with E-state index in [0.717, 1.165) is 66.6 Å². The predicted molar refractivity (Wildman–Crippen MR) is 220 cm³/mol. The molecule has 7 aromatic rings. The molecule has 2 atom stereocenters. The predicted octanol–water partition coefficient (Wildman–Crippen LogP) is 9.88. The molecule has 282 valence electrons. The minimum absolute atomic E-state index is 0.104. The van der Waals surface area contributed by atoms with Crippen LogP contribution in [0.4, 0.5) is 5.69 Å². The molecule has 0 saturated heterocycles. The van der Waals surface area contributed by atoms with Crippen molar-refractivity contribution >= 4 is 73.9 Å². The Hall–Kier alpha value is -5.10. The molecule has 0 aliphatic carbocycles. The standard InChI is InChI=1S/C42H40Cl2N6O4S/c1-22-16-29(17-23(2)36(22)43)54-15-9-13-31-30-11-8-12-32(35-24(3)46-47(6)25(35)4)38(30)49-26(5)40(44)50(41(51)39(31)49)33-14-7-10-27-18-34(42(52)53)48(37(27)33)19-28-20-55-21-45-28/h7-8,10-12,14,16-18,20-21,26,40H,9,13,15,19H2,1-6H3,(H,52,53)/t26-,40?/m1/s1. The van der Waals surface area contributed by atoms with Crippen molar-refractivity contribution < 1.29 is 19.4 Å². The second-order valence-electron chi connectivity index (χ2n) is 14.3. The van der Waals surface area contributed by atoms with Crippen LogP contribution in [0.5, 0.6) is 5.75 Å². The molecule has 4 aromatic heterocycles. The van der Waals surface area contributed by atoms with Crippen molar-refractivity contribution in [3.8, 4) is 16.9 Å². The molecule has 1 aliphatic rings. The van der Waals surface area contributed by atoms with Gasteiger partial charge in [-0.3, -0.25) is 14.4 Å². The molecule has 55 heavy (non-hydrogen) atoms. The van der Waals surface area contributed by atoms with Crippen LogP contribution in [0.1, 0.15) is 74.1 Å². The van der Waals surface area contributed by atoms with Gasteiger partial charge in [-0.05, 0) is 88.4 Å². The van der Waals surface area contributed by atoms with Gasteiger partial charge in [0.05, 0.1) is 52.8 Å². The Morgan fingerprint density at radius 3 is 2.45 bits per heavy atom. The zero-order valence-corrected chi connectivity index (χ0v) is 33.7. The molecule has 0 saturated carbocycles. The highest BCUT2D eigenvalue weighted by molar-refractivity contribution is 7.07. The summed E-state index contributed by atoms with van der Waals surface area (Å²) in [6, 6.07) is 16.9. The fourth-order valence-corrected chi connectivity index (χ4v) is 9.21. The Morgan fingerprint density at radius 1 is 1.04 bits per heavy atom. The number of carbonyl (C=O) groups is 2. The van der Waals surface area contributed by atoms with Gasteiger partial charge < -0.3 is 19.0 Å². The Kier molecular flexibility index (Phi) is 9.51. The van der Waals surface area contributed by atoms with E-state index in [0.29, 0.717) is 41.7 Å². The summed E-state index contributed by atoms with van der Waals surface area (Å²) in [6.45, 7) is 10.7.